The first-order valence-electron chi connectivity index (χ1n) is 16.1. The van der Waals surface area contributed by atoms with E-state index < -0.39 is 58.0 Å². The molecule has 0 bridgehead atoms. The van der Waals surface area contributed by atoms with Crippen molar-refractivity contribution in [2.75, 3.05) is 46.2 Å². The van der Waals surface area contributed by atoms with Crippen LogP contribution in [0.3, 0.4) is 0 Å². The fourth-order valence-corrected chi connectivity index (χ4v) is 7.55. The normalized spacial score (nSPS) is 24.7. The molecule has 6 N–H and O–H groups in total. The van der Waals surface area contributed by atoms with Gasteiger partial charge in [-0.3, -0.25) is 24.2 Å². The summed E-state index contributed by atoms with van der Waals surface area (Å²) in [6, 6.07) is 0.832. The van der Waals surface area contributed by atoms with E-state index in [0.717, 1.165) is 57.3 Å². The number of carbonyl (C=O) groups is 3. The lowest BCUT2D eigenvalue weighted by Gasteiger charge is -2.50. The van der Waals surface area contributed by atoms with Crippen LogP contribution in [-0.4, -0.2) is 101 Å². The Bertz CT molecular complexity index is 1410. The van der Waals surface area contributed by atoms with E-state index in [1.54, 1.807) is 14.1 Å². The van der Waals surface area contributed by atoms with Crippen LogP contribution in [0, 0.1) is 11.8 Å². The number of aliphatic hydroxyl groups excluding tert-OH is 2. The Morgan fingerprint density at radius 2 is 1.60 bits per heavy atom. The van der Waals surface area contributed by atoms with Gasteiger partial charge >= 0.3 is 0 Å². The number of amides is 1. The van der Waals surface area contributed by atoms with Crippen LogP contribution in [-0.2, 0) is 27.3 Å². The van der Waals surface area contributed by atoms with Gasteiger partial charge in [-0.05, 0) is 70.4 Å². The summed E-state index contributed by atoms with van der Waals surface area (Å²) in [6.07, 6.45) is 6.76. The smallest absolute Gasteiger partial charge is 0.255 e. The van der Waals surface area contributed by atoms with Crippen molar-refractivity contribution in [3.63, 3.8) is 0 Å². The van der Waals surface area contributed by atoms with Gasteiger partial charge in [-0.15, -0.1) is 0 Å². The molecule has 11 nitrogen and oxygen atoms in total. The van der Waals surface area contributed by atoms with Gasteiger partial charge in [0.15, 0.2) is 11.4 Å². The Balaban J connectivity index is 1.86. The van der Waals surface area contributed by atoms with Crippen molar-refractivity contribution in [3.05, 3.63) is 39.7 Å². The number of fused-ring (bicyclic) bond motifs is 3. The number of hydrogen-bond acceptors (Lipinski definition) is 10. The van der Waals surface area contributed by atoms with Crippen LogP contribution in [0.1, 0.15) is 75.5 Å². The zero-order chi connectivity index (χ0) is 33.4. The Morgan fingerprint density at radius 1 is 1.00 bits per heavy atom. The highest BCUT2D eigenvalue weighted by molar-refractivity contribution is 6.24. The molecule has 0 aromatic heterocycles. The minimum Gasteiger partial charge on any atom is -0.508 e. The number of anilines is 1. The van der Waals surface area contributed by atoms with E-state index in [2.05, 4.69) is 18.7 Å². The number of primary amides is 1. The summed E-state index contributed by atoms with van der Waals surface area (Å²) < 4.78 is 0. The second kappa shape index (κ2) is 13.5. The van der Waals surface area contributed by atoms with Gasteiger partial charge in [-0.25, -0.2) is 0 Å². The number of nitrogens with zero attached hydrogens (tertiary/aromatic N) is 3. The first kappa shape index (κ1) is 34.5. The van der Waals surface area contributed by atoms with Gasteiger partial charge in [0.25, 0.3) is 5.91 Å². The average Bonchev–Trinajstić information content (AvgIpc) is 2.95. The van der Waals surface area contributed by atoms with Crippen LogP contribution in [0.2, 0.25) is 0 Å². The minimum absolute atomic E-state index is 0.0593. The van der Waals surface area contributed by atoms with Crippen molar-refractivity contribution in [1.29, 1.82) is 0 Å². The highest BCUT2D eigenvalue weighted by Gasteiger charge is 2.64. The molecule has 248 valence electrons. The fourth-order valence-electron chi connectivity index (χ4n) is 7.55. The molecule has 0 saturated heterocycles. The third kappa shape index (κ3) is 5.97. The van der Waals surface area contributed by atoms with E-state index in [1.807, 2.05) is 25.1 Å². The van der Waals surface area contributed by atoms with Gasteiger partial charge in [-0.1, -0.05) is 39.5 Å². The van der Waals surface area contributed by atoms with E-state index in [1.165, 1.54) is 4.90 Å². The maximum Gasteiger partial charge on any atom is 0.255 e. The van der Waals surface area contributed by atoms with E-state index >= 15 is 0 Å². The van der Waals surface area contributed by atoms with Gasteiger partial charge in [0.1, 0.15) is 22.8 Å². The first-order valence-corrected chi connectivity index (χ1v) is 16.1. The number of carbonyl (C=O) groups excluding carboxylic acids is 3. The third-order valence-corrected chi connectivity index (χ3v) is 9.81. The van der Waals surface area contributed by atoms with E-state index in [9.17, 15) is 34.8 Å². The number of hydrogen-bond donors (Lipinski definition) is 5. The maximum absolute atomic E-state index is 14.2. The molecule has 2 unspecified atom stereocenters. The Kier molecular flexibility index (Phi) is 10.4. The van der Waals surface area contributed by atoms with Crippen LogP contribution in [0.25, 0.3) is 5.76 Å². The molecule has 11 heteroatoms. The van der Waals surface area contributed by atoms with Gasteiger partial charge in [0.2, 0.25) is 5.78 Å². The van der Waals surface area contributed by atoms with Crippen LogP contribution >= 0.6 is 0 Å². The number of likely N-dealkylation sites (N-methyl/N-ethyl adjacent to an activating group) is 1. The number of aromatic hydroxyl groups is 1. The molecule has 3 aliphatic rings. The predicted octanol–water partition coefficient (Wildman–Crippen LogP) is 3.21. The molecule has 1 amide bonds. The quantitative estimate of drug-likeness (QED) is 0.162. The Labute approximate surface area is 266 Å². The van der Waals surface area contributed by atoms with Crippen molar-refractivity contribution in [1.82, 2.24) is 9.80 Å². The fraction of sp³-hybridized carbons (Fsp3) is 0.618. The lowest BCUT2D eigenvalue weighted by Crippen LogP contribution is -2.65. The molecule has 1 fully saturated rings. The van der Waals surface area contributed by atoms with Crippen molar-refractivity contribution < 1.29 is 34.8 Å². The molecule has 3 aliphatic carbocycles. The lowest BCUT2D eigenvalue weighted by molar-refractivity contribution is -0.153. The van der Waals surface area contributed by atoms with Crippen molar-refractivity contribution in [3.8, 4) is 5.75 Å². The SMILES string of the molecule is CCCCCN(CCCCC)Cc1cc(N(C)C)c2c(c1O)C(O)=C1C(=O)[C@]3(O)C(O)=C(C(N)=O)C(=O)[C@@H](N(C)C)C3CC1C2. The van der Waals surface area contributed by atoms with Crippen molar-refractivity contribution in [2.45, 2.75) is 83.4 Å². The van der Waals surface area contributed by atoms with Gasteiger partial charge in [0, 0.05) is 43.4 Å². The molecular formula is C34H50N4O7. The number of ketones is 2. The molecule has 0 spiro atoms. The first-order chi connectivity index (χ1) is 21.2. The monoisotopic (exact) mass is 626 g/mol. The minimum atomic E-state index is -2.66. The lowest BCUT2D eigenvalue weighted by atomic mass is 9.57. The van der Waals surface area contributed by atoms with Crippen LogP contribution in [0.4, 0.5) is 5.69 Å². The van der Waals surface area contributed by atoms with Crippen LogP contribution < -0.4 is 10.6 Å². The Hall–Kier alpha value is -3.41. The number of rotatable bonds is 13. The molecule has 1 aromatic carbocycles. The highest BCUT2D eigenvalue weighted by atomic mass is 16.3. The Morgan fingerprint density at radius 3 is 2.11 bits per heavy atom. The van der Waals surface area contributed by atoms with Crippen LogP contribution in [0.15, 0.2) is 23.0 Å². The third-order valence-electron chi connectivity index (χ3n) is 9.81. The van der Waals surface area contributed by atoms with E-state index in [4.69, 9.17) is 5.73 Å². The van der Waals surface area contributed by atoms with E-state index in [0.29, 0.717) is 17.7 Å². The summed E-state index contributed by atoms with van der Waals surface area (Å²) in [7, 11) is 6.94. The molecule has 1 aromatic rings. The zero-order valence-corrected chi connectivity index (χ0v) is 27.5. The summed E-state index contributed by atoms with van der Waals surface area (Å²) in [5.41, 5.74) is 4.03. The number of nitrogens with two attached hydrogens (primary N) is 1. The summed E-state index contributed by atoms with van der Waals surface area (Å²) in [5, 5.41) is 46.5. The van der Waals surface area contributed by atoms with Gasteiger partial charge in [0.05, 0.1) is 11.6 Å². The molecule has 0 aliphatic heterocycles. The average molecular weight is 627 g/mol. The van der Waals surface area contributed by atoms with Crippen molar-refractivity contribution >= 4 is 28.9 Å². The van der Waals surface area contributed by atoms with E-state index in [-0.39, 0.29) is 29.7 Å². The number of phenols is 1. The number of aliphatic hydroxyl groups is 3. The summed E-state index contributed by atoms with van der Waals surface area (Å²) in [5.74, 6) is -6.40. The molecule has 0 radical (unpaired) electrons. The van der Waals surface area contributed by atoms with Crippen molar-refractivity contribution in [2.24, 2.45) is 17.6 Å². The largest absolute Gasteiger partial charge is 0.508 e. The van der Waals surface area contributed by atoms with Gasteiger partial charge < -0.3 is 31.1 Å². The number of benzene rings is 1. The molecule has 45 heavy (non-hydrogen) atoms. The number of Topliss-reactive ketones (excluding diaryl/α,β-unsaturated/α-hetero) is 2. The molecule has 4 atom stereocenters. The second-order valence-corrected chi connectivity index (χ2v) is 13.3. The number of unbranched alkanes of at least 4 members (excludes halogenated alkanes) is 4. The van der Waals surface area contributed by atoms with Crippen LogP contribution in [0.5, 0.6) is 5.75 Å². The zero-order valence-electron chi connectivity index (χ0n) is 27.5. The molecule has 1 saturated carbocycles. The summed E-state index contributed by atoms with van der Waals surface area (Å²) >= 11 is 0. The summed E-state index contributed by atoms with van der Waals surface area (Å²) in [6.45, 7) is 6.51. The van der Waals surface area contributed by atoms with Gasteiger partial charge in [-0.2, -0.15) is 0 Å². The molecule has 4 rings (SSSR count). The number of phenolic OH excluding ortho intramolecular Hbond substituents is 1. The topological polar surface area (TPSA) is 168 Å². The highest BCUT2D eigenvalue weighted by Crippen LogP contribution is 2.54. The molecule has 0 heterocycles. The maximum atomic E-state index is 14.2. The predicted molar refractivity (Wildman–Crippen MR) is 173 cm³/mol. The summed E-state index contributed by atoms with van der Waals surface area (Å²) in [4.78, 5) is 45.6. The molecular weight excluding hydrogens is 576 g/mol. The second-order valence-electron chi connectivity index (χ2n) is 13.3. The standard InChI is InChI=1S/C34H50N4O7/c1-7-9-11-13-38(14-12-10-8-2)18-20-17-23(36(3)4)21-15-19-16-22-27(37(5)6)30(41)26(33(35)44)32(43)34(22,45)31(42)24(19)29(40)25(21)28(20)39/h17,19,22,27,39-40,43,45H,7-16,18H2,1-6H3,(H2,35,44)/t19?,22?,27-,34-/m0/s1.